The third kappa shape index (κ3) is 15.8. The zero-order chi connectivity index (χ0) is 24.7. The Hall–Kier alpha value is -2.02. The summed E-state index contributed by atoms with van der Waals surface area (Å²) in [6.07, 6.45) is 25.7. The third-order valence-electron chi connectivity index (χ3n) is 6.86. The van der Waals surface area contributed by atoms with E-state index in [2.05, 4.69) is 36.0 Å². The summed E-state index contributed by atoms with van der Waals surface area (Å²) in [5.74, 6) is 0. The monoisotopic (exact) mass is 468 g/mol. The van der Waals surface area contributed by atoms with Crippen molar-refractivity contribution in [3.63, 3.8) is 0 Å². The molecule has 0 aliphatic rings. The number of unbranched alkanes of at least 4 members (excludes halogenated alkanes) is 14. The summed E-state index contributed by atoms with van der Waals surface area (Å²) in [5.41, 5.74) is 6.02. The van der Waals surface area contributed by atoms with Gasteiger partial charge in [0.25, 0.3) is 0 Å². The molecule has 0 unspecified atom stereocenters. The van der Waals surface area contributed by atoms with E-state index >= 15 is 0 Å². The first-order valence-electron chi connectivity index (χ1n) is 13.8. The van der Waals surface area contributed by atoms with Gasteiger partial charge in [0.2, 0.25) is 12.2 Å². The number of aryl methyl sites for hydroxylation is 4. The third-order valence-corrected chi connectivity index (χ3v) is 6.86. The van der Waals surface area contributed by atoms with Gasteiger partial charge in [-0.05, 0) is 74.6 Å². The largest absolute Gasteiger partial charge is 0.234 e. The maximum atomic E-state index is 10.0. The van der Waals surface area contributed by atoms with Crippen molar-refractivity contribution in [1.29, 1.82) is 0 Å². The lowest BCUT2D eigenvalue weighted by molar-refractivity contribution is 0.556. The predicted octanol–water partition coefficient (Wildman–Crippen LogP) is 8.30. The Labute approximate surface area is 208 Å². The fraction of sp³-hybridized carbons (Fsp3) is 0.733. The fourth-order valence-electron chi connectivity index (χ4n) is 4.70. The highest BCUT2D eigenvalue weighted by molar-refractivity contribution is 5.37. The Morgan fingerprint density at radius 1 is 0.500 bits per heavy atom. The summed E-state index contributed by atoms with van der Waals surface area (Å²) in [4.78, 5) is 27.2. The molecule has 1 aromatic carbocycles. The molecule has 1 rings (SSSR count). The number of aliphatic imine (C=N–C) groups is 2. The minimum atomic E-state index is 0.642. The van der Waals surface area contributed by atoms with Gasteiger partial charge >= 0.3 is 0 Å². The van der Waals surface area contributed by atoms with Crippen LogP contribution in [0.25, 0.3) is 0 Å². The molecule has 0 saturated heterocycles. The van der Waals surface area contributed by atoms with Crippen LogP contribution in [0.3, 0.4) is 0 Å². The number of carbonyl (C=O) groups excluding carboxylic acids is 2. The first-order valence-corrected chi connectivity index (χ1v) is 13.8. The molecular weight excluding hydrogens is 420 g/mol. The van der Waals surface area contributed by atoms with Gasteiger partial charge in [-0.3, -0.25) is 0 Å². The van der Waals surface area contributed by atoms with E-state index in [9.17, 15) is 9.59 Å². The minimum Gasteiger partial charge on any atom is -0.211 e. The number of rotatable bonds is 22. The molecule has 0 aromatic heterocycles. The molecular formula is C30H48N2O2. The van der Waals surface area contributed by atoms with Crippen LogP contribution in [0, 0.1) is 13.8 Å². The fourth-order valence-corrected chi connectivity index (χ4v) is 4.70. The molecule has 34 heavy (non-hydrogen) atoms. The smallest absolute Gasteiger partial charge is 0.211 e. The second-order valence-electron chi connectivity index (χ2n) is 9.81. The van der Waals surface area contributed by atoms with Crippen molar-refractivity contribution in [2.45, 2.75) is 129 Å². The van der Waals surface area contributed by atoms with Crippen LogP contribution >= 0.6 is 0 Å². The van der Waals surface area contributed by atoms with Crippen molar-refractivity contribution in [1.82, 2.24) is 0 Å². The van der Waals surface area contributed by atoms with Crippen LogP contribution in [0.2, 0.25) is 0 Å². The summed E-state index contributed by atoms with van der Waals surface area (Å²) in [6.45, 7) is 5.85. The summed E-state index contributed by atoms with van der Waals surface area (Å²) in [6, 6.07) is 4.89. The summed E-state index contributed by atoms with van der Waals surface area (Å²) >= 11 is 0. The Morgan fingerprint density at radius 2 is 0.794 bits per heavy atom. The Balaban J connectivity index is 2.10. The van der Waals surface area contributed by atoms with Gasteiger partial charge in [0.1, 0.15) is 0 Å². The number of isocyanates is 2. The molecule has 4 nitrogen and oxygen atoms in total. The first-order chi connectivity index (χ1) is 16.7. The van der Waals surface area contributed by atoms with Gasteiger partial charge in [0, 0.05) is 0 Å². The van der Waals surface area contributed by atoms with Crippen LogP contribution < -0.4 is 0 Å². The maximum Gasteiger partial charge on any atom is 0.234 e. The minimum absolute atomic E-state index is 0.642. The van der Waals surface area contributed by atoms with E-state index < -0.39 is 0 Å². The quantitative estimate of drug-likeness (QED) is 0.0976. The zero-order valence-electron chi connectivity index (χ0n) is 22.0. The second-order valence-corrected chi connectivity index (χ2v) is 9.81. The van der Waals surface area contributed by atoms with Gasteiger partial charge in [0.05, 0.1) is 13.1 Å². The highest BCUT2D eigenvalue weighted by atomic mass is 16.1. The lowest BCUT2D eigenvalue weighted by atomic mass is 9.93. The van der Waals surface area contributed by atoms with E-state index in [-0.39, 0.29) is 0 Å². The second kappa shape index (κ2) is 21.5. The van der Waals surface area contributed by atoms with Crippen molar-refractivity contribution in [3.8, 4) is 0 Å². The highest BCUT2D eigenvalue weighted by Gasteiger charge is 2.05. The summed E-state index contributed by atoms with van der Waals surface area (Å²) in [7, 11) is 0. The average Bonchev–Trinajstić information content (AvgIpc) is 2.83. The number of benzene rings is 1. The SMILES string of the molecule is Cc1cc(CCCCCCCCCCN=C=O)c(C)cc1CCCCCCCCCCN=C=O. The van der Waals surface area contributed by atoms with E-state index in [1.54, 1.807) is 12.2 Å². The van der Waals surface area contributed by atoms with E-state index in [0.29, 0.717) is 13.1 Å². The van der Waals surface area contributed by atoms with Crippen molar-refractivity contribution in [2.75, 3.05) is 13.1 Å². The molecule has 0 bridgehead atoms. The maximum absolute atomic E-state index is 10.0. The van der Waals surface area contributed by atoms with Crippen LogP contribution in [-0.4, -0.2) is 25.2 Å². The van der Waals surface area contributed by atoms with Gasteiger partial charge < -0.3 is 0 Å². The molecule has 0 saturated carbocycles. The number of nitrogens with zero attached hydrogens (tertiary/aromatic N) is 2. The summed E-state index contributed by atoms with van der Waals surface area (Å²) in [5, 5.41) is 0. The van der Waals surface area contributed by atoms with Crippen LogP contribution in [-0.2, 0) is 22.4 Å². The lowest BCUT2D eigenvalue weighted by Crippen LogP contribution is -1.97. The topological polar surface area (TPSA) is 58.9 Å². The summed E-state index contributed by atoms with van der Waals surface area (Å²) < 4.78 is 0. The van der Waals surface area contributed by atoms with E-state index in [1.807, 2.05) is 0 Å². The lowest BCUT2D eigenvalue weighted by Gasteiger charge is -2.13. The van der Waals surface area contributed by atoms with Crippen LogP contribution in [0.5, 0.6) is 0 Å². The van der Waals surface area contributed by atoms with Gasteiger partial charge in [-0.15, -0.1) is 0 Å². The van der Waals surface area contributed by atoms with E-state index in [0.717, 1.165) is 12.8 Å². The molecule has 0 aliphatic carbocycles. The molecule has 0 fully saturated rings. The molecule has 4 heteroatoms. The molecule has 0 spiro atoms. The normalized spacial score (nSPS) is 10.6. The van der Waals surface area contributed by atoms with Crippen molar-refractivity contribution in [3.05, 3.63) is 34.4 Å². The Morgan fingerprint density at radius 3 is 1.12 bits per heavy atom. The molecule has 0 atom stereocenters. The Bertz CT molecular complexity index is 683. The average molecular weight is 469 g/mol. The zero-order valence-corrected chi connectivity index (χ0v) is 22.0. The van der Waals surface area contributed by atoms with Crippen molar-refractivity contribution < 1.29 is 9.59 Å². The highest BCUT2D eigenvalue weighted by Crippen LogP contribution is 2.21. The predicted molar refractivity (Wildman–Crippen MR) is 143 cm³/mol. The van der Waals surface area contributed by atoms with Crippen LogP contribution in [0.4, 0.5) is 0 Å². The standard InChI is InChI=1S/C30H48N2O2/c1-27-23-30(20-16-12-8-4-6-10-14-18-22-32-26-34)28(2)24-29(27)19-15-11-7-3-5-9-13-17-21-31-25-33/h23-24H,3-22H2,1-2H3. The molecule has 0 amide bonds. The first kappa shape index (κ1) is 30.0. The van der Waals surface area contributed by atoms with Crippen LogP contribution in [0.1, 0.15) is 125 Å². The Kier molecular flexibility index (Phi) is 19.0. The van der Waals surface area contributed by atoms with Gasteiger partial charge in [-0.1, -0.05) is 89.2 Å². The molecule has 0 aliphatic heterocycles. The molecule has 0 heterocycles. The molecule has 1 aromatic rings. The van der Waals surface area contributed by atoms with E-state index in [1.165, 1.54) is 125 Å². The molecule has 0 N–H and O–H groups in total. The van der Waals surface area contributed by atoms with Crippen LogP contribution in [0.15, 0.2) is 22.1 Å². The van der Waals surface area contributed by atoms with Gasteiger partial charge in [-0.2, -0.15) is 0 Å². The van der Waals surface area contributed by atoms with Gasteiger partial charge in [0.15, 0.2) is 0 Å². The number of hydrogen-bond donors (Lipinski definition) is 0. The number of hydrogen-bond acceptors (Lipinski definition) is 4. The molecule has 0 radical (unpaired) electrons. The van der Waals surface area contributed by atoms with Crippen molar-refractivity contribution in [2.24, 2.45) is 9.98 Å². The van der Waals surface area contributed by atoms with E-state index in [4.69, 9.17) is 0 Å². The van der Waals surface area contributed by atoms with Crippen molar-refractivity contribution >= 4 is 12.2 Å². The molecule has 190 valence electrons. The van der Waals surface area contributed by atoms with Gasteiger partial charge in [-0.25, -0.2) is 19.6 Å².